The number of halogens is 1. The van der Waals surface area contributed by atoms with Crippen LogP contribution in [0.2, 0.25) is 0 Å². The van der Waals surface area contributed by atoms with E-state index in [0.29, 0.717) is 5.92 Å². The van der Waals surface area contributed by atoms with Gasteiger partial charge in [0.1, 0.15) is 6.29 Å². The minimum Gasteiger partial charge on any atom is -0.298 e. The average Bonchev–Trinajstić information content (AvgIpc) is 2.21. The van der Waals surface area contributed by atoms with Gasteiger partial charge in [0, 0.05) is 10.6 Å². The molecule has 1 aliphatic carbocycles. The fourth-order valence-electron chi connectivity index (χ4n) is 2.06. The molecule has 80 valence electrons. The van der Waals surface area contributed by atoms with Crippen LogP contribution in [0.25, 0.3) is 0 Å². The Labute approximate surface area is 91.5 Å². The monoisotopic (exact) mass is 214 g/mol. The lowest BCUT2D eigenvalue weighted by atomic mass is 9.85. The maximum Gasteiger partial charge on any atom is 0.147 e. The van der Waals surface area contributed by atoms with Gasteiger partial charge in [0.2, 0.25) is 0 Å². The average molecular weight is 215 g/mol. The number of rotatable bonds is 5. The van der Waals surface area contributed by atoms with Crippen molar-refractivity contribution in [3.63, 3.8) is 0 Å². The Hall–Kier alpha value is -0.300. The van der Waals surface area contributed by atoms with Crippen molar-refractivity contribution in [1.82, 2.24) is 0 Å². The SMILES string of the molecule is CCCCCC1CCC(Cl)=C(C=O)C1. The van der Waals surface area contributed by atoms with E-state index in [-0.39, 0.29) is 0 Å². The number of carbonyl (C=O) groups excluding carboxylic acids is 1. The Morgan fingerprint density at radius 1 is 1.50 bits per heavy atom. The first-order valence-electron chi connectivity index (χ1n) is 5.60. The van der Waals surface area contributed by atoms with Gasteiger partial charge in [0.25, 0.3) is 0 Å². The zero-order chi connectivity index (χ0) is 10.4. The van der Waals surface area contributed by atoms with Gasteiger partial charge < -0.3 is 0 Å². The fourth-order valence-corrected chi connectivity index (χ4v) is 2.29. The number of carbonyl (C=O) groups is 1. The molecule has 1 nitrogen and oxygen atoms in total. The quantitative estimate of drug-likeness (QED) is 0.498. The van der Waals surface area contributed by atoms with Crippen LogP contribution in [0, 0.1) is 5.92 Å². The molecule has 0 aliphatic heterocycles. The second kappa shape index (κ2) is 6.23. The van der Waals surface area contributed by atoms with Gasteiger partial charge in [0.05, 0.1) is 0 Å². The third kappa shape index (κ3) is 3.45. The van der Waals surface area contributed by atoms with Crippen LogP contribution < -0.4 is 0 Å². The Morgan fingerprint density at radius 2 is 2.29 bits per heavy atom. The maximum absolute atomic E-state index is 10.7. The first-order chi connectivity index (χ1) is 6.77. The van der Waals surface area contributed by atoms with Crippen molar-refractivity contribution in [2.45, 2.75) is 51.9 Å². The van der Waals surface area contributed by atoms with Crippen molar-refractivity contribution < 1.29 is 4.79 Å². The van der Waals surface area contributed by atoms with E-state index in [4.69, 9.17) is 11.6 Å². The molecule has 1 rings (SSSR count). The molecule has 0 aromatic rings. The molecule has 0 fully saturated rings. The highest BCUT2D eigenvalue weighted by Gasteiger charge is 2.19. The zero-order valence-electron chi connectivity index (χ0n) is 8.89. The highest BCUT2D eigenvalue weighted by molar-refractivity contribution is 6.31. The summed E-state index contributed by atoms with van der Waals surface area (Å²) in [4.78, 5) is 10.7. The van der Waals surface area contributed by atoms with Gasteiger partial charge in [-0.25, -0.2) is 0 Å². The minimum absolute atomic E-state index is 0.698. The van der Waals surface area contributed by atoms with Crippen molar-refractivity contribution in [3.8, 4) is 0 Å². The van der Waals surface area contributed by atoms with E-state index in [1.165, 1.54) is 32.1 Å². The zero-order valence-corrected chi connectivity index (χ0v) is 9.65. The molecule has 0 spiro atoms. The van der Waals surface area contributed by atoms with E-state index in [1.54, 1.807) is 0 Å². The third-order valence-electron chi connectivity index (χ3n) is 2.99. The standard InChI is InChI=1S/C12H19ClO/c1-2-3-4-5-10-6-7-12(13)11(8-10)9-14/h9-10H,2-8H2,1H3. The molecule has 1 atom stereocenters. The van der Waals surface area contributed by atoms with Crippen molar-refractivity contribution in [2.75, 3.05) is 0 Å². The molecule has 0 radical (unpaired) electrons. The first kappa shape index (κ1) is 11.8. The molecule has 0 saturated carbocycles. The summed E-state index contributed by atoms with van der Waals surface area (Å²) >= 11 is 5.96. The first-order valence-corrected chi connectivity index (χ1v) is 5.98. The highest BCUT2D eigenvalue weighted by Crippen LogP contribution is 2.33. The van der Waals surface area contributed by atoms with Crippen molar-refractivity contribution >= 4 is 17.9 Å². The van der Waals surface area contributed by atoms with Crippen LogP contribution in [0.1, 0.15) is 51.9 Å². The minimum atomic E-state index is 0.698. The predicted octanol–water partition coefficient (Wildman–Crippen LogP) is 4.06. The number of allylic oxidation sites excluding steroid dienone is 2. The molecule has 0 aromatic carbocycles. The lowest BCUT2D eigenvalue weighted by molar-refractivity contribution is -0.105. The molecule has 14 heavy (non-hydrogen) atoms. The second-order valence-electron chi connectivity index (χ2n) is 4.15. The van der Waals surface area contributed by atoms with Gasteiger partial charge in [-0.1, -0.05) is 44.2 Å². The van der Waals surface area contributed by atoms with Gasteiger partial charge in [0.15, 0.2) is 0 Å². The lowest BCUT2D eigenvalue weighted by Gasteiger charge is -2.22. The summed E-state index contributed by atoms with van der Waals surface area (Å²) in [7, 11) is 0. The van der Waals surface area contributed by atoms with Gasteiger partial charge in [-0.15, -0.1) is 0 Å². The molecule has 1 aliphatic rings. The van der Waals surface area contributed by atoms with E-state index in [0.717, 1.165) is 29.7 Å². The number of hydrogen-bond acceptors (Lipinski definition) is 1. The summed E-state index contributed by atoms with van der Waals surface area (Å²) < 4.78 is 0. The molecular weight excluding hydrogens is 196 g/mol. The summed E-state index contributed by atoms with van der Waals surface area (Å²) in [6, 6.07) is 0. The second-order valence-corrected chi connectivity index (χ2v) is 4.61. The number of aldehydes is 1. The van der Waals surface area contributed by atoms with Crippen LogP contribution in [-0.2, 0) is 4.79 Å². The lowest BCUT2D eigenvalue weighted by Crippen LogP contribution is -2.09. The van der Waals surface area contributed by atoms with Crippen LogP contribution >= 0.6 is 11.6 Å². The summed E-state index contributed by atoms with van der Waals surface area (Å²) in [6.07, 6.45) is 9.06. The predicted molar refractivity (Wildman–Crippen MR) is 60.4 cm³/mol. The molecule has 0 saturated heterocycles. The summed E-state index contributed by atoms with van der Waals surface area (Å²) in [6.45, 7) is 2.22. The molecular formula is C12H19ClO. The molecule has 1 unspecified atom stereocenters. The maximum atomic E-state index is 10.7. The summed E-state index contributed by atoms with van der Waals surface area (Å²) in [5.74, 6) is 0.698. The molecule has 0 bridgehead atoms. The van der Waals surface area contributed by atoms with E-state index < -0.39 is 0 Å². The number of hydrogen-bond donors (Lipinski definition) is 0. The Kier molecular flexibility index (Phi) is 5.24. The highest BCUT2D eigenvalue weighted by atomic mass is 35.5. The summed E-state index contributed by atoms with van der Waals surface area (Å²) in [5.41, 5.74) is 0.847. The molecule has 0 N–H and O–H groups in total. The van der Waals surface area contributed by atoms with Crippen LogP contribution in [0.15, 0.2) is 10.6 Å². The fraction of sp³-hybridized carbons (Fsp3) is 0.750. The van der Waals surface area contributed by atoms with E-state index in [2.05, 4.69) is 6.92 Å². The molecule has 0 aromatic heterocycles. The van der Waals surface area contributed by atoms with Crippen LogP contribution in [-0.4, -0.2) is 6.29 Å². The normalized spacial score (nSPS) is 22.6. The van der Waals surface area contributed by atoms with Gasteiger partial charge in [-0.3, -0.25) is 4.79 Å². The Morgan fingerprint density at radius 3 is 2.93 bits per heavy atom. The van der Waals surface area contributed by atoms with E-state index in [9.17, 15) is 4.79 Å². The van der Waals surface area contributed by atoms with E-state index >= 15 is 0 Å². The van der Waals surface area contributed by atoms with Gasteiger partial charge in [-0.05, 0) is 25.2 Å². The molecule has 0 heterocycles. The topological polar surface area (TPSA) is 17.1 Å². The Balaban J connectivity index is 2.34. The smallest absolute Gasteiger partial charge is 0.147 e. The largest absolute Gasteiger partial charge is 0.298 e. The molecule has 0 amide bonds. The molecule has 2 heteroatoms. The van der Waals surface area contributed by atoms with Gasteiger partial charge >= 0.3 is 0 Å². The number of unbranched alkanes of at least 4 members (excludes halogenated alkanes) is 2. The van der Waals surface area contributed by atoms with Crippen molar-refractivity contribution in [1.29, 1.82) is 0 Å². The summed E-state index contributed by atoms with van der Waals surface area (Å²) in [5, 5.41) is 0.798. The van der Waals surface area contributed by atoms with Crippen molar-refractivity contribution in [3.05, 3.63) is 10.6 Å². The van der Waals surface area contributed by atoms with Gasteiger partial charge in [-0.2, -0.15) is 0 Å². The van der Waals surface area contributed by atoms with E-state index in [1.807, 2.05) is 0 Å². The van der Waals surface area contributed by atoms with Crippen LogP contribution in [0.5, 0.6) is 0 Å². The third-order valence-corrected chi connectivity index (χ3v) is 3.42. The van der Waals surface area contributed by atoms with Crippen LogP contribution in [0.3, 0.4) is 0 Å². The van der Waals surface area contributed by atoms with Crippen LogP contribution in [0.4, 0.5) is 0 Å². The van der Waals surface area contributed by atoms with Crippen molar-refractivity contribution in [2.24, 2.45) is 5.92 Å². The Bertz CT molecular complexity index is 220.